The standard InChI is InChI=1S/C11H13N5O/c1-12-8-3-4-13-10(5-8)11(17)15-9-6-14-16(2)7-9/h3-7H,1-2H3,(H,12,13)(H,15,17). The van der Waals surface area contributed by atoms with Gasteiger partial charge in [-0.15, -0.1) is 0 Å². The minimum atomic E-state index is -0.255. The maximum atomic E-state index is 11.9. The zero-order valence-corrected chi connectivity index (χ0v) is 9.64. The summed E-state index contributed by atoms with van der Waals surface area (Å²) in [5.74, 6) is -0.255. The summed E-state index contributed by atoms with van der Waals surface area (Å²) in [7, 11) is 3.58. The minimum Gasteiger partial charge on any atom is -0.388 e. The molecule has 0 aliphatic heterocycles. The van der Waals surface area contributed by atoms with Crippen LogP contribution in [0.2, 0.25) is 0 Å². The monoisotopic (exact) mass is 231 g/mol. The van der Waals surface area contributed by atoms with Crippen LogP contribution >= 0.6 is 0 Å². The Morgan fingerprint density at radius 3 is 2.88 bits per heavy atom. The van der Waals surface area contributed by atoms with Gasteiger partial charge in [-0.3, -0.25) is 14.5 Å². The molecule has 0 bridgehead atoms. The fourth-order valence-corrected chi connectivity index (χ4v) is 1.39. The van der Waals surface area contributed by atoms with Crippen molar-refractivity contribution in [2.24, 2.45) is 7.05 Å². The molecule has 88 valence electrons. The van der Waals surface area contributed by atoms with Crippen molar-refractivity contribution in [2.45, 2.75) is 0 Å². The highest BCUT2D eigenvalue weighted by atomic mass is 16.1. The second-order valence-electron chi connectivity index (χ2n) is 3.54. The number of carbonyl (C=O) groups excluding carboxylic acids is 1. The van der Waals surface area contributed by atoms with E-state index in [4.69, 9.17) is 0 Å². The van der Waals surface area contributed by atoms with Crippen LogP contribution < -0.4 is 10.6 Å². The Morgan fingerprint density at radius 2 is 2.24 bits per heavy atom. The van der Waals surface area contributed by atoms with E-state index >= 15 is 0 Å². The van der Waals surface area contributed by atoms with Gasteiger partial charge in [-0.05, 0) is 12.1 Å². The van der Waals surface area contributed by atoms with Crippen molar-refractivity contribution in [3.63, 3.8) is 0 Å². The van der Waals surface area contributed by atoms with E-state index in [1.165, 1.54) is 0 Å². The lowest BCUT2D eigenvalue weighted by Crippen LogP contribution is -2.13. The summed E-state index contributed by atoms with van der Waals surface area (Å²) in [5.41, 5.74) is 1.85. The van der Waals surface area contributed by atoms with Gasteiger partial charge in [0.25, 0.3) is 5.91 Å². The van der Waals surface area contributed by atoms with Crippen molar-refractivity contribution in [1.82, 2.24) is 14.8 Å². The SMILES string of the molecule is CNc1ccnc(C(=O)Nc2cnn(C)c2)c1. The molecule has 2 N–H and O–H groups in total. The fraction of sp³-hybridized carbons (Fsp3) is 0.182. The molecule has 0 saturated carbocycles. The summed E-state index contributed by atoms with van der Waals surface area (Å²) in [4.78, 5) is 15.9. The molecule has 2 aromatic heterocycles. The lowest BCUT2D eigenvalue weighted by Gasteiger charge is -2.03. The number of amides is 1. The Bertz CT molecular complexity index is 534. The van der Waals surface area contributed by atoms with Gasteiger partial charge in [-0.25, -0.2) is 0 Å². The number of hydrogen-bond acceptors (Lipinski definition) is 4. The molecule has 6 heteroatoms. The first-order valence-electron chi connectivity index (χ1n) is 5.13. The van der Waals surface area contributed by atoms with Crippen LogP contribution in [0, 0.1) is 0 Å². The van der Waals surface area contributed by atoms with Gasteiger partial charge >= 0.3 is 0 Å². The molecule has 2 heterocycles. The van der Waals surface area contributed by atoms with E-state index < -0.39 is 0 Å². The molecule has 0 spiro atoms. The van der Waals surface area contributed by atoms with Gasteiger partial charge < -0.3 is 10.6 Å². The van der Waals surface area contributed by atoms with E-state index in [-0.39, 0.29) is 5.91 Å². The zero-order chi connectivity index (χ0) is 12.3. The number of aryl methyl sites for hydroxylation is 1. The average molecular weight is 231 g/mol. The van der Waals surface area contributed by atoms with Crippen LogP contribution in [0.1, 0.15) is 10.5 Å². The summed E-state index contributed by atoms with van der Waals surface area (Å²) < 4.78 is 1.62. The lowest BCUT2D eigenvalue weighted by atomic mass is 10.3. The summed E-state index contributed by atoms with van der Waals surface area (Å²) in [6.45, 7) is 0. The maximum absolute atomic E-state index is 11.9. The summed E-state index contributed by atoms with van der Waals surface area (Å²) in [6, 6.07) is 3.48. The highest BCUT2D eigenvalue weighted by Gasteiger charge is 2.08. The van der Waals surface area contributed by atoms with E-state index in [0.717, 1.165) is 5.69 Å². The second-order valence-corrected chi connectivity index (χ2v) is 3.54. The predicted octanol–water partition coefficient (Wildman–Crippen LogP) is 1.11. The second kappa shape index (κ2) is 4.65. The Hall–Kier alpha value is -2.37. The van der Waals surface area contributed by atoms with E-state index in [2.05, 4.69) is 20.7 Å². The van der Waals surface area contributed by atoms with Gasteiger partial charge in [0.1, 0.15) is 5.69 Å². The summed E-state index contributed by atoms with van der Waals surface area (Å²) >= 11 is 0. The van der Waals surface area contributed by atoms with Gasteiger partial charge in [0.05, 0.1) is 11.9 Å². The zero-order valence-electron chi connectivity index (χ0n) is 9.64. The molecule has 0 atom stereocenters. The first-order valence-corrected chi connectivity index (χ1v) is 5.13. The normalized spacial score (nSPS) is 10.0. The molecule has 0 aliphatic rings. The molecule has 2 aromatic rings. The minimum absolute atomic E-state index is 0.255. The third kappa shape index (κ3) is 2.60. The highest BCUT2D eigenvalue weighted by Crippen LogP contribution is 2.10. The van der Waals surface area contributed by atoms with E-state index in [9.17, 15) is 4.79 Å². The summed E-state index contributed by atoms with van der Waals surface area (Å²) in [5, 5.41) is 9.64. The van der Waals surface area contributed by atoms with Crippen molar-refractivity contribution in [1.29, 1.82) is 0 Å². The van der Waals surface area contributed by atoms with Crippen molar-refractivity contribution >= 4 is 17.3 Å². The number of nitrogens with zero attached hydrogens (tertiary/aromatic N) is 3. The summed E-state index contributed by atoms with van der Waals surface area (Å²) in [6.07, 6.45) is 4.89. The number of anilines is 2. The molecular weight excluding hydrogens is 218 g/mol. The maximum Gasteiger partial charge on any atom is 0.274 e. The van der Waals surface area contributed by atoms with Gasteiger partial charge in [0.15, 0.2) is 0 Å². The molecule has 17 heavy (non-hydrogen) atoms. The average Bonchev–Trinajstić information content (AvgIpc) is 2.75. The third-order valence-corrected chi connectivity index (χ3v) is 2.24. The van der Waals surface area contributed by atoms with Crippen LogP contribution in [0.5, 0.6) is 0 Å². The van der Waals surface area contributed by atoms with Gasteiger partial charge in [-0.1, -0.05) is 0 Å². The number of pyridine rings is 1. The molecule has 0 radical (unpaired) electrons. The van der Waals surface area contributed by atoms with Gasteiger partial charge in [0.2, 0.25) is 0 Å². The largest absolute Gasteiger partial charge is 0.388 e. The van der Waals surface area contributed by atoms with Crippen molar-refractivity contribution in [2.75, 3.05) is 17.7 Å². The third-order valence-electron chi connectivity index (χ3n) is 2.24. The fourth-order valence-electron chi connectivity index (χ4n) is 1.39. The van der Waals surface area contributed by atoms with E-state index in [1.807, 2.05) is 0 Å². The molecule has 0 fully saturated rings. The van der Waals surface area contributed by atoms with Crippen LogP contribution in [0.4, 0.5) is 11.4 Å². The number of rotatable bonds is 3. The Labute approximate surface area is 98.7 Å². The first kappa shape index (κ1) is 11.1. The van der Waals surface area contributed by atoms with Crippen LogP contribution in [0.25, 0.3) is 0 Å². The predicted molar refractivity (Wildman–Crippen MR) is 64.9 cm³/mol. The molecule has 0 unspecified atom stereocenters. The number of carbonyl (C=O) groups is 1. The van der Waals surface area contributed by atoms with E-state index in [0.29, 0.717) is 11.4 Å². The van der Waals surface area contributed by atoms with Crippen LogP contribution in [-0.2, 0) is 7.05 Å². The first-order chi connectivity index (χ1) is 8.19. The Kier molecular flexibility index (Phi) is 3.04. The molecule has 6 nitrogen and oxygen atoms in total. The Balaban J connectivity index is 2.14. The van der Waals surface area contributed by atoms with Crippen LogP contribution in [0.3, 0.4) is 0 Å². The van der Waals surface area contributed by atoms with Crippen LogP contribution in [-0.4, -0.2) is 27.7 Å². The smallest absolute Gasteiger partial charge is 0.274 e. The quantitative estimate of drug-likeness (QED) is 0.830. The topological polar surface area (TPSA) is 71.8 Å². The number of hydrogen-bond donors (Lipinski definition) is 2. The van der Waals surface area contributed by atoms with Crippen LogP contribution in [0.15, 0.2) is 30.7 Å². The molecule has 0 aliphatic carbocycles. The van der Waals surface area contributed by atoms with E-state index in [1.54, 1.807) is 49.5 Å². The molecule has 2 rings (SSSR count). The number of nitrogens with one attached hydrogen (secondary N) is 2. The highest BCUT2D eigenvalue weighted by molar-refractivity contribution is 6.03. The Morgan fingerprint density at radius 1 is 1.41 bits per heavy atom. The van der Waals surface area contributed by atoms with Gasteiger partial charge in [0, 0.05) is 32.2 Å². The molecular formula is C11H13N5O. The van der Waals surface area contributed by atoms with Crippen molar-refractivity contribution < 1.29 is 4.79 Å². The number of aromatic nitrogens is 3. The molecule has 0 aromatic carbocycles. The van der Waals surface area contributed by atoms with Gasteiger partial charge in [-0.2, -0.15) is 5.10 Å². The van der Waals surface area contributed by atoms with Crippen molar-refractivity contribution in [3.8, 4) is 0 Å². The lowest BCUT2D eigenvalue weighted by molar-refractivity contribution is 0.102. The molecule has 1 amide bonds. The molecule has 0 saturated heterocycles. The van der Waals surface area contributed by atoms with Crippen molar-refractivity contribution in [3.05, 3.63) is 36.4 Å².